The van der Waals surface area contributed by atoms with Crippen LogP contribution in [0.25, 0.3) is 0 Å². The minimum atomic E-state index is 0.362. The molecule has 0 aromatic carbocycles. The van der Waals surface area contributed by atoms with E-state index in [1.165, 1.54) is 35.0 Å². The summed E-state index contributed by atoms with van der Waals surface area (Å²) in [6.07, 6.45) is 2.40. The number of likely N-dealkylation sites (tertiary alicyclic amines) is 1. The standard InChI is InChI=1S/C11H19N3S/c1-8-9(2)15-11(13-8)7-14-5-3-4-10(12)6-14/h10H,3-7,12H2,1-2H3. The molecule has 0 saturated carbocycles. The Morgan fingerprint density at radius 3 is 2.93 bits per heavy atom. The minimum absolute atomic E-state index is 0.362. The summed E-state index contributed by atoms with van der Waals surface area (Å²) in [5, 5.41) is 1.24. The van der Waals surface area contributed by atoms with Gasteiger partial charge in [0.1, 0.15) is 5.01 Å². The Morgan fingerprint density at radius 1 is 1.53 bits per heavy atom. The van der Waals surface area contributed by atoms with Gasteiger partial charge in [-0.05, 0) is 33.2 Å². The predicted octanol–water partition coefficient (Wildman–Crippen LogP) is 1.68. The van der Waals surface area contributed by atoms with Crippen molar-refractivity contribution in [1.82, 2.24) is 9.88 Å². The van der Waals surface area contributed by atoms with Gasteiger partial charge in [0.05, 0.1) is 12.2 Å². The zero-order chi connectivity index (χ0) is 10.8. The lowest BCUT2D eigenvalue weighted by Crippen LogP contribution is -2.42. The lowest BCUT2D eigenvalue weighted by Gasteiger charge is -2.29. The highest BCUT2D eigenvalue weighted by Crippen LogP contribution is 2.19. The van der Waals surface area contributed by atoms with E-state index >= 15 is 0 Å². The zero-order valence-electron chi connectivity index (χ0n) is 9.49. The third kappa shape index (κ3) is 2.77. The fourth-order valence-electron chi connectivity index (χ4n) is 2.03. The van der Waals surface area contributed by atoms with Gasteiger partial charge in [0, 0.05) is 17.5 Å². The van der Waals surface area contributed by atoms with Crippen molar-refractivity contribution in [3.05, 3.63) is 15.6 Å². The summed E-state index contributed by atoms with van der Waals surface area (Å²) in [5.41, 5.74) is 7.13. The van der Waals surface area contributed by atoms with Crippen LogP contribution in [0.3, 0.4) is 0 Å². The van der Waals surface area contributed by atoms with E-state index < -0.39 is 0 Å². The number of rotatable bonds is 2. The number of hydrogen-bond acceptors (Lipinski definition) is 4. The topological polar surface area (TPSA) is 42.2 Å². The number of aryl methyl sites for hydroxylation is 2. The van der Waals surface area contributed by atoms with Crippen LogP contribution in [0.4, 0.5) is 0 Å². The van der Waals surface area contributed by atoms with Crippen molar-refractivity contribution in [2.24, 2.45) is 5.73 Å². The molecular weight excluding hydrogens is 206 g/mol. The van der Waals surface area contributed by atoms with E-state index in [1.807, 2.05) is 11.3 Å². The van der Waals surface area contributed by atoms with E-state index in [0.717, 1.165) is 13.1 Å². The molecule has 1 fully saturated rings. The van der Waals surface area contributed by atoms with Crippen molar-refractivity contribution in [2.45, 2.75) is 39.3 Å². The average molecular weight is 225 g/mol. The van der Waals surface area contributed by atoms with Crippen LogP contribution >= 0.6 is 11.3 Å². The third-order valence-corrected chi connectivity index (χ3v) is 4.03. The Kier molecular flexibility index (Phi) is 3.38. The lowest BCUT2D eigenvalue weighted by molar-refractivity contribution is 0.201. The van der Waals surface area contributed by atoms with Gasteiger partial charge in [-0.2, -0.15) is 0 Å². The average Bonchev–Trinajstić information content (AvgIpc) is 2.45. The van der Waals surface area contributed by atoms with Gasteiger partial charge in [0.25, 0.3) is 0 Å². The molecule has 2 heterocycles. The largest absolute Gasteiger partial charge is 0.327 e. The molecular formula is C11H19N3S. The molecule has 4 heteroatoms. The normalized spacial score (nSPS) is 23.3. The predicted molar refractivity (Wildman–Crippen MR) is 64.1 cm³/mol. The van der Waals surface area contributed by atoms with Crippen molar-refractivity contribution < 1.29 is 0 Å². The smallest absolute Gasteiger partial charge is 0.107 e. The van der Waals surface area contributed by atoms with Crippen molar-refractivity contribution in [1.29, 1.82) is 0 Å². The Bertz CT molecular complexity index is 315. The Balaban J connectivity index is 1.96. The van der Waals surface area contributed by atoms with Crippen LogP contribution in [-0.4, -0.2) is 29.0 Å². The second-order valence-electron chi connectivity index (χ2n) is 4.39. The zero-order valence-corrected chi connectivity index (χ0v) is 10.3. The highest BCUT2D eigenvalue weighted by molar-refractivity contribution is 7.11. The number of aromatic nitrogens is 1. The van der Waals surface area contributed by atoms with Gasteiger partial charge in [0.2, 0.25) is 0 Å². The minimum Gasteiger partial charge on any atom is -0.327 e. The van der Waals surface area contributed by atoms with Crippen LogP contribution in [-0.2, 0) is 6.54 Å². The maximum atomic E-state index is 5.96. The second-order valence-corrected chi connectivity index (χ2v) is 5.67. The number of hydrogen-bond donors (Lipinski definition) is 1. The molecule has 1 unspecified atom stereocenters. The number of thiazole rings is 1. The Morgan fingerprint density at radius 2 is 2.33 bits per heavy atom. The summed E-state index contributed by atoms with van der Waals surface area (Å²) in [7, 11) is 0. The molecule has 2 rings (SSSR count). The van der Waals surface area contributed by atoms with E-state index in [-0.39, 0.29) is 0 Å². The molecule has 0 bridgehead atoms. The molecule has 2 N–H and O–H groups in total. The Labute approximate surface area is 95.3 Å². The van der Waals surface area contributed by atoms with Gasteiger partial charge < -0.3 is 5.73 Å². The van der Waals surface area contributed by atoms with Crippen LogP contribution in [0.15, 0.2) is 0 Å². The van der Waals surface area contributed by atoms with E-state index in [9.17, 15) is 0 Å². The van der Waals surface area contributed by atoms with Gasteiger partial charge in [-0.3, -0.25) is 4.90 Å². The molecule has 0 spiro atoms. The van der Waals surface area contributed by atoms with Crippen LogP contribution in [0.2, 0.25) is 0 Å². The lowest BCUT2D eigenvalue weighted by atomic mass is 10.1. The molecule has 1 aromatic heterocycles. The molecule has 1 aliphatic heterocycles. The summed E-state index contributed by atoms with van der Waals surface area (Å²) < 4.78 is 0. The first-order valence-electron chi connectivity index (χ1n) is 5.56. The molecule has 1 aromatic rings. The Hall–Kier alpha value is -0.450. The first kappa shape index (κ1) is 11.0. The molecule has 1 saturated heterocycles. The van der Waals surface area contributed by atoms with Crippen molar-refractivity contribution in [2.75, 3.05) is 13.1 Å². The van der Waals surface area contributed by atoms with E-state index in [1.54, 1.807) is 0 Å². The van der Waals surface area contributed by atoms with Gasteiger partial charge >= 0.3 is 0 Å². The van der Waals surface area contributed by atoms with Crippen LogP contribution in [0.1, 0.15) is 28.4 Å². The van der Waals surface area contributed by atoms with Crippen molar-refractivity contribution >= 4 is 11.3 Å². The monoisotopic (exact) mass is 225 g/mol. The van der Waals surface area contributed by atoms with Crippen LogP contribution in [0, 0.1) is 13.8 Å². The highest BCUT2D eigenvalue weighted by atomic mass is 32.1. The summed E-state index contributed by atoms with van der Waals surface area (Å²) in [6.45, 7) is 7.39. The number of piperidine rings is 1. The molecule has 1 atom stereocenters. The summed E-state index contributed by atoms with van der Waals surface area (Å²) in [4.78, 5) is 8.33. The molecule has 0 aliphatic carbocycles. The fourth-order valence-corrected chi connectivity index (χ4v) is 3.01. The summed E-state index contributed by atoms with van der Waals surface area (Å²) in [5.74, 6) is 0. The van der Waals surface area contributed by atoms with Gasteiger partial charge in [-0.15, -0.1) is 11.3 Å². The maximum absolute atomic E-state index is 5.96. The second kappa shape index (κ2) is 4.60. The van der Waals surface area contributed by atoms with E-state index in [4.69, 9.17) is 5.73 Å². The van der Waals surface area contributed by atoms with Gasteiger partial charge in [-0.25, -0.2) is 4.98 Å². The van der Waals surface area contributed by atoms with Crippen LogP contribution < -0.4 is 5.73 Å². The number of nitrogens with zero attached hydrogens (tertiary/aromatic N) is 2. The molecule has 3 nitrogen and oxygen atoms in total. The molecule has 0 amide bonds. The van der Waals surface area contributed by atoms with Gasteiger partial charge in [0.15, 0.2) is 0 Å². The highest BCUT2D eigenvalue weighted by Gasteiger charge is 2.17. The first-order valence-corrected chi connectivity index (χ1v) is 6.37. The fraction of sp³-hybridized carbons (Fsp3) is 0.727. The van der Waals surface area contributed by atoms with Gasteiger partial charge in [-0.1, -0.05) is 0 Å². The summed E-state index contributed by atoms with van der Waals surface area (Å²) >= 11 is 1.82. The van der Waals surface area contributed by atoms with E-state index in [0.29, 0.717) is 6.04 Å². The number of nitrogens with two attached hydrogens (primary N) is 1. The van der Waals surface area contributed by atoms with E-state index in [2.05, 4.69) is 23.7 Å². The first-order chi connectivity index (χ1) is 7.15. The maximum Gasteiger partial charge on any atom is 0.107 e. The quantitative estimate of drug-likeness (QED) is 0.832. The third-order valence-electron chi connectivity index (χ3n) is 2.97. The van der Waals surface area contributed by atoms with Crippen molar-refractivity contribution in [3.8, 4) is 0 Å². The van der Waals surface area contributed by atoms with Crippen molar-refractivity contribution in [3.63, 3.8) is 0 Å². The molecule has 1 aliphatic rings. The molecule has 0 radical (unpaired) electrons. The summed E-state index contributed by atoms with van der Waals surface area (Å²) in [6, 6.07) is 0.362. The molecule has 84 valence electrons. The SMILES string of the molecule is Cc1nc(CN2CCCC(N)C2)sc1C. The van der Waals surface area contributed by atoms with Crippen LogP contribution in [0.5, 0.6) is 0 Å². The molecule has 15 heavy (non-hydrogen) atoms.